The van der Waals surface area contributed by atoms with Crippen LogP contribution in [0.3, 0.4) is 0 Å². The van der Waals surface area contributed by atoms with Gasteiger partial charge in [0.2, 0.25) is 0 Å². The van der Waals surface area contributed by atoms with E-state index in [1.807, 2.05) is 12.1 Å². The number of amides is 2. The first-order chi connectivity index (χ1) is 14.2. The number of carbonyl (C=O) groups is 3. The molecule has 0 unspecified atom stereocenters. The van der Waals surface area contributed by atoms with Crippen molar-refractivity contribution in [2.45, 2.75) is 46.0 Å². The summed E-state index contributed by atoms with van der Waals surface area (Å²) in [7, 11) is 0. The van der Waals surface area contributed by atoms with E-state index in [0.717, 1.165) is 18.4 Å². The molecule has 0 aliphatic heterocycles. The van der Waals surface area contributed by atoms with E-state index in [0.29, 0.717) is 23.5 Å². The lowest BCUT2D eigenvalue weighted by Crippen LogP contribution is -2.34. The summed E-state index contributed by atoms with van der Waals surface area (Å²) in [5.41, 5.74) is 1.72. The monoisotopic (exact) mass is 411 g/mol. The molecule has 2 aromatic rings. The first-order valence-electron chi connectivity index (χ1n) is 10.1. The molecule has 2 aromatic carbocycles. The van der Waals surface area contributed by atoms with Crippen LogP contribution in [0.4, 0.5) is 0 Å². The summed E-state index contributed by atoms with van der Waals surface area (Å²) >= 11 is 0. The van der Waals surface area contributed by atoms with E-state index in [4.69, 9.17) is 9.47 Å². The average molecular weight is 411 g/mol. The Balaban J connectivity index is 1.82. The highest BCUT2D eigenvalue weighted by atomic mass is 16.5. The molecule has 0 radical (unpaired) electrons. The van der Waals surface area contributed by atoms with E-state index in [-0.39, 0.29) is 5.41 Å². The van der Waals surface area contributed by atoms with Gasteiger partial charge in [0.05, 0.1) is 12.2 Å². The molecule has 0 spiro atoms. The minimum Gasteiger partial charge on any atom is -0.494 e. The molecule has 0 saturated carbocycles. The lowest BCUT2D eigenvalue weighted by Gasteiger charge is -2.19. The molecule has 0 aromatic heterocycles. The summed E-state index contributed by atoms with van der Waals surface area (Å²) in [6, 6.07) is 13.5. The van der Waals surface area contributed by atoms with E-state index in [9.17, 15) is 14.4 Å². The Morgan fingerprint density at radius 2 is 1.50 bits per heavy atom. The largest absolute Gasteiger partial charge is 0.494 e. The Bertz CT molecular complexity index is 864. The maximum Gasteiger partial charge on any atom is 0.338 e. The van der Waals surface area contributed by atoms with Crippen LogP contribution in [0.2, 0.25) is 0 Å². The predicted octanol–water partition coefficient (Wildman–Crippen LogP) is 4.28. The lowest BCUT2D eigenvalue weighted by molar-refractivity contribution is -0.123. The van der Waals surface area contributed by atoms with Crippen LogP contribution in [0, 0.1) is 0 Å². The molecule has 0 aliphatic rings. The Morgan fingerprint density at radius 3 is 2.07 bits per heavy atom. The highest BCUT2D eigenvalue weighted by Gasteiger charge is 2.16. The van der Waals surface area contributed by atoms with E-state index < -0.39 is 24.4 Å². The molecule has 6 heteroatoms. The van der Waals surface area contributed by atoms with E-state index in [1.54, 1.807) is 36.4 Å². The molecule has 160 valence electrons. The van der Waals surface area contributed by atoms with Gasteiger partial charge < -0.3 is 9.47 Å². The van der Waals surface area contributed by atoms with Crippen LogP contribution in [0.1, 0.15) is 66.8 Å². The maximum atomic E-state index is 12.2. The fourth-order valence-corrected chi connectivity index (χ4v) is 2.59. The first kappa shape index (κ1) is 23.1. The van der Waals surface area contributed by atoms with Crippen molar-refractivity contribution < 1.29 is 23.9 Å². The van der Waals surface area contributed by atoms with Crippen LogP contribution in [-0.2, 0) is 14.9 Å². The number of nitrogens with one attached hydrogen (secondary N) is 1. The van der Waals surface area contributed by atoms with Gasteiger partial charge in [-0.3, -0.25) is 14.9 Å². The summed E-state index contributed by atoms with van der Waals surface area (Å²) in [6.07, 6.45) is 2.00. The van der Waals surface area contributed by atoms with Crippen molar-refractivity contribution in [1.82, 2.24) is 5.32 Å². The first-order valence-corrected chi connectivity index (χ1v) is 10.1. The Hall–Kier alpha value is -3.15. The zero-order valence-electron chi connectivity index (χ0n) is 18.0. The molecule has 0 atom stereocenters. The van der Waals surface area contributed by atoms with Gasteiger partial charge in [-0.25, -0.2) is 4.79 Å². The van der Waals surface area contributed by atoms with Gasteiger partial charge in [0, 0.05) is 5.56 Å². The third-order valence-corrected chi connectivity index (χ3v) is 4.46. The van der Waals surface area contributed by atoms with Crippen molar-refractivity contribution in [1.29, 1.82) is 0 Å². The second-order valence-electron chi connectivity index (χ2n) is 8.01. The minimum atomic E-state index is -0.687. The van der Waals surface area contributed by atoms with Gasteiger partial charge in [0.1, 0.15) is 5.75 Å². The number of esters is 1. The van der Waals surface area contributed by atoms with Gasteiger partial charge >= 0.3 is 5.97 Å². The third-order valence-electron chi connectivity index (χ3n) is 4.46. The van der Waals surface area contributed by atoms with E-state index in [1.165, 1.54) is 0 Å². The Morgan fingerprint density at radius 1 is 0.900 bits per heavy atom. The van der Waals surface area contributed by atoms with Crippen LogP contribution in [0.15, 0.2) is 48.5 Å². The van der Waals surface area contributed by atoms with Crippen LogP contribution < -0.4 is 10.1 Å². The minimum absolute atomic E-state index is 0.0289. The number of ether oxygens (including phenoxy) is 2. The van der Waals surface area contributed by atoms with Gasteiger partial charge in [0.25, 0.3) is 11.8 Å². The van der Waals surface area contributed by atoms with E-state index in [2.05, 4.69) is 33.0 Å². The van der Waals surface area contributed by atoms with Crippen LogP contribution in [0.5, 0.6) is 5.75 Å². The highest BCUT2D eigenvalue weighted by Crippen LogP contribution is 2.22. The predicted molar refractivity (Wildman–Crippen MR) is 115 cm³/mol. The number of carbonyl (C=O) groups excluding carboxylic acids is 3. The summed E-state index contributed by atoms with van der Waals surface area (Å²) < 4.78 is 10.5. The average Bonchev–Trinajstić information content (AvgIpc) is 2.72. The molecule has 6 nitrogen and oxygen atoms in total. The van der Waals surface area contributed by atoms with Gasteiger partial charge in [-0.15, -0.1) is 0 Å². The van der Waals surface area contributed by atoms with Crippen LogP contribution >= 0.6 is 0 Å². The molecule has 0 saturated heterocycles. The maximum absolute atomic E-state index is 12.2. The molecule has 0 bridgehead atoms. The zero-order valence-corrected chi connectivity index (χ0v) is 18.0. The van der Waals surface area contributed by atoms with Crippen LogP contribution in [-0.4, -0.2) is 31.0 Å². The van der Waals surface area contributed by atoms with Crippen molar-refractivity contribution in [2.24, 2.45) is 0 Å². The molecule has 2 rings (SSSR count). The molecule has 0 heterocycles. The fourth-order valence-electron chi connectivity index (χ4n) is 2.59. The number of hydrogen-bond acceptors (Lipinski definition) is 5. The highest BCUT2D eigenvalue weighted by molar-refractivity contribution is 6.05. The quantitative estimate of drug-likeness (QED) is 0.518. The molecule has 2 amide bonds. The Kier molecular flexibility index (Phi) is 8.16. The zero-order chi connectivity index (χ0) is 22.1. The fraction of sp³-hybridized carbons (Fsp3) is 0.375. The van der Waals surface area contributed by atoms with Crippen molar-refractivity contribution in [3.05, 3.63) is 65.2 Å². The van der Waals surface area contributed by atoms with Gasteiger partial charge in [-0.1, -0.05) is 46.2 Å². The molecule has 30 heavy (non-hydrogen) atoms. The Labute approximate surface area is 177 Å². The van der Waals surface area contributed by atoms with Gasteiger partial charge in [-0.2, -0.15) is 0 Å². The van der Waals surface area contributed by atoms with Crippen molar-refractivity contribution in [3.8, 4) is 5.75 Å². The second-order valence-corrected chi connectivity index (χ2v) is 8.01. The molecular formula is C24H29NO5. The summed E-state index contributed by atoms with van der Waals surface area (Å²) in [6.45, 7) is 8.38. The lowest BCUT2D eigenvalue weighted by atomic mass is 9.87. The number of unbranched alkanes of at least 4 members (excludes halogenated alkanes) is 1. The molecule has 0 fully saturated rings. The normalized spacial score (nSPS) is 10.9. The van der Waals surface area contributed by atoms with Crippen molar-refractivity contribution >= 4 is 17.8 Å². The molecule has 0 aliphatic carbocycles. The van der Waals surface area contributed by atoms with Crippen LogP contribution in [0.25, 0.3) is 0 Å². The second kappa shape index (κ2) is 10.6. The SMILES string of the molecule is CCCCOc1ccc(C(=O)OCC(=O)NC(=O)c2ccc(C(C)(C)C)cc2)cc1. The standard InChI is InChI=1S/C24H29NO5/c1-5-6-15-29-20-13-9-18(10-14-20)23(28)30-16-21(26)25-22(27)17-7-11-19(12-8-17)24(2,3)4/h7-14H,5-6,15-16H2,1-4H3,(H,25,26,27). The van der Waals surface area contributed by atoms with Crippen molar-refractivity contribution in [3.63, 3.8) is 0 Å². The molecule has 1 N–H and O–H groups in total. The molecular weight excluding hydrogens is 382 g/mol. The summed E-state index contributed by atoms with van der Waals surface area (Å²) in [4.78, 5) is 36.2. The number of imide groups is 1. The number of benzene rings is 2. The third kappa shape index (κ3) is 7.03. The topological polar surface area (TPSA) is 81.7 Å². The van der Waals surface area contributed by atoms with Gasteiger partial charge in [0.15, 0.2) is 6.61 Å². The number of hydrogen-bond donors (Lipinski definition) is 1. The smallest absolute Gasteiger partial charge is 0.338 e. The summed E-state index contributed by atoms with van der Waals surface area (Å²) in [5, 5.41) is 2.22. The summed E-state index contributed by atoms with van der Waals surface area (Å²) in [5.74, 6) is -1.20. The van der Waals surface area contributed by atoms with E-state index >= 15 is 0 Å². The number of rotatable bonds is 8. The van der Waals surface area contributed by atoms with Gasteiger partial charge in [-0.05, 0) is 53.8 Å². The van der Waals surface area contributed by atoms with Crippen molar-refractivity contribution in [2.75, 3.05) is 13.2 Å².